The first kappa shape index (κ1) is 12.2. The molecule has 0 amide bonds. The van der Waals surface area contributed by atoms with Gasteiger partial charge in [-0.05, 0) is 29.8 Å². The SMILES string of the molecule is NNc1cc(CSc2ccc(Cl)cn2)ccn1. The number of rotatable bonds is 4. The summed E-state index contributed by atoms with van der Waals surface area (Å²) in [7, 11) is 0. The van der Waals surface area contributed by atoms with Gasteiger partial charge in [0.15, 0.2) is 0 Å². The molecule has 0 atom stereocenters. The second-order valence-corrected chi connectivity index (χ2v) is 4.73. The summed E-state index contributed by atoms with van der Waals surface area (Å²) in [5.74, 6) is 6.77. The van der Waals surface area contributed by atoms with Crippen LogP contribution in [-0.2, 0) is 5.75 Å². The van der Waals surface area contributed by atoms with Crippen molar-refractivity contribution in [1.82, 2.24) is 9.97 Å². The number of nitrogen functional groups attached to an aromatic ring is 1. The van der Waals surface area contributed by atoms with Crippen molar-refractivity contribution in [3.05, 3.63) is 47.2 Å². The van der Waals surface area contributed by atoms with Gasteiger partial charge in [-0.15, -0.1) is 11.8 Å². The fourth-order valence-corrected chi connectivity index (χ4v) is 2.15. The number of nitrogens with one attached hydrogen (secondary N) is 1. The molecule has 0 bridgehead atoms. The third-order valence-corrected chi connectivity index (χ3v) is 3.30. The zero-order valence-electron chi connectivity index (χ0n) is 8.93. The van der Waals surface area contributed by atoms with E-state index in [2.05, 4.69) is 15.4 Å². The van der Waals surface area contributed by atoms with Crippen molar-refractivity contribution in [2.75, 3.05) is 5.43 Å². The predicted octanol–water partition coefficient (Wildman–Crippen LogP) is 2.71. The maximum absolute atomic E-state index is 5.77. The lowest BCUT2D eigenvalue weighted by atomic mass is 10.3. The molecule has 0 spiro atoms. The van der Waals surface area contributed by atoms with Gasteiger partial charge in [0.25, 0.3) is 0 Å². The number of halogens is 1. The Morgan fingerprint density at radius 2 is 2.18 bits per heavy atom. The highest BCUT2D eigenvalue weighted by atomic mass is 35.5. The first-order valence-corrected chi connectivity index (χ1v) is 6.30. The van der Waals surface area contributed by atoms with Crippen molar-refractivity contribution in [2.45, 2.75) is 10.8 Å². The van der Waals surface area contributed by atoms with Crippen LogP contribution >= 0.6 is 23.4 Å². The van der Waals surface area contributed by atoms with Crippen molar-refractivity contribution < 1.29 is 0 Å². The standard InChI is InChI=1S/C11H11ClN4S/c12-9-1-2-11(15-6-9)17-7-8-3-4-14-10(5-8)16-13/h1-6H,7,13H2,(H,14,16). The third kappa shape index (κ3) is 3.59. The number of aromatic nitrogens is 2. The lowest BCUT2D eigenvalue weighted by molar-refractivity contribution is 1.13. The number of hydrazine groups is 1. The Labute approximate surface area is 109 Å². The second-order valence-electron chi connectivity index (χ2n) is 3.30. The maximum Gasteiger partial charge on any atom is 0.140 e. The lowest BCUT2D eigenvalue weighted by Gasteiger charge is -2.03. The topological polar surface area (TPSA) is 63.8 Å². The summed E-state index contributed by atoms with van der Waals surface area (Å²) >= 11 is 7.40. The average Bonchev–Trinajstić information content (AvgIpc) is 2.38. The van der Waals surface area contributed by atoms with Crippen LogP contribution in [0.15, 0.2) is 41.7 Å². The van der Waals surface area contributed by atoms with Crippen molar-refractivity contribution in [2.24, 2.45) is 5.84 Å². The van der Waals surface area contributed by atoms with Gasteiger partial charge in [-0.3, -0.25) is 0 Å². The molecule has 6 heteroatoms. The molecule has 0 fully saturated rings. The van der Waals surface area contributed by atoms with E-state index in [1.807, 2.05) is 24.3 Å². The smallest absolute Gasteiger partial charge is 0.140 e. The Kier molecular flexibility index (Phi) is 4.19. The Morgan fingerprint density at radius 1 is 1.29 bits per heavy atom. The largest absolute Gasteiger partial charge is 0.308 e. The van der Waals surface area contributed by atoms with Gasteiger partial charge in [-0.25, -0.2) is 15.8 Å². The summed E-state index contributed by atoms with van der Waals surface area (Å²) in [6.07, 6.45) is 3.36. The van der Waals surface area contributed by atoms with E-state index in [4.69, 9.17) is 17.4 Å². The van der Waals surface area contributed by atoms with Crippen LogP contribution in [0, 0.1) is 0 Å². The second kappa shape index (κ2) is 5.86. The number of pyridine rings is 2. The van der Waals surface area contributed by atoms with Crippen molar-refractivity contribution in [3.63, 3.8) is 0 Å². The van der Waals surface area contributed by atoms with Crippen LogP contribution in [0.25, 0.3) is 0 Å². The molecule has 0 saturated carbocycles. The molecule has 3 N–H and O–H groups in total. The van der Waals surface area contributed by atoms with Crippen LogP contribution in [0.1, 0.15) is 5.56 Å². The van der Waals surface area contributed by atoms with Gasteiger partial charge < -0.3 is 5.43 Å². The molecule has 0 radical (unpaired) electrons. The van der Waals surface area contributed by atoms with Crippen LogP contribution in [0.5, 0.6) is 0 Å². The third-order valence-electron chi connectivity index (χ3n) is 2.06. The fraction of sp³-hybridized carbons (Fsp3) is 0.0909. The number of hydrogen-bond acceptors (Lipinski definition) is 5. The molecule has 4 nitrogen and oxygen atoms in total. The molecule has 2 heterocycles. The van der Waals surface area contributed by atoms with Crippen LogP contribution in [-0.4, -0.2) is 9.97 Å². The van der Waals surface area contributed by atoms with Gasteiger partial charge in [0, 0.05) is 18.1 Å². The number of hydrogen-bond donors (Lipinski definition) is 2. The van der Waals surface area contributed by atoms with E-state index >= 15 is 0 Å². The van der Waals surface area contributed by atoms with Gasteiger partial charge in [0.1, 0.15) is 5.82 Å². The quantitative estimate of drug-likeness (QED) is 0.506. The van der Waals surface area contributed by atoms with Crippen molar-refractivity contribution >= 4 is 29.2 Å². The van der Waals surface area contributed by atoms with Crippen LogP contribution < -0.4 is 11.3 Å². The average molecular weight is 267 g/mol. The van der Waals surface area contributed by atoms with Crippen LogP contribution in [0.2, 0.25) is 5.02 Å². The van der Waals surface area contributed by atoms with E-state index in [-0.39, 0.29) is 0 Å². The molecule has 2 aromatic heterocycles. The normalized spacial score (nSPS) is 10.2. The van der Waals surface area contributed by atoms with Gasteiger partial charge in [-0.1, -0.05) is 11.6 Å². The van der Waals surface area contributed by atoms with E-state index in [0.717, 1.165) is 16.3 Å². The molecule has 2 aromatic rings. The molecular weight excluding hydrogens is 256 g/mol. The number of nitrogens with two attached hydrogens (primary N) is 1. The van der Waals surface area contributed by atoms with Gasteiger partial charge >= 0.3 is 0 Å². The first-order valence-electron chi connectivity index (χ1n) is 4.94. The molecule has 0 saturated heterocycles. The molecule has 2 rings (SSSR count). The predicted molar refractivity (Wildman–Crippen MR) is 70.9 cm³/mol. The first-order chi connectivity index (χ1) is 8.28. The highest BCUT2D eigenvalue weighted by Gasteiger charge is 1.99. The molecule has 0 aliphatic heterocycles. The molecule has 88 valence electrons. The monoisotopic (exact) mass is 266 g/mol. The fourth-order valence-electron chi connectivity index (χ4n) is 1.25. The minimum atomic E-state index is 0.646. The molecule has 17 heavy (non-hydrogen) atoms. The Bertz CT molecular complexity index is 489. The van der Waals surface area contributed by atoms with E-state index in [1.54, 1.807) is 24.2 Å². The number of nitrogens with zero attached hydrogens (tertiary/aromatic N) is 2. The zero-order chi connectivity index (χ0) is 12.1. The minimum Gasteiger partial charge on any atom is -0.308 e. The van der Waals surface area contributed by atoms with Crippen molar-refractivity contribution in [3.8, 4) is 0 Å². The Hall–Kier alpha value is -1.30. The van der Waals surface area contributed by atoms with Gasteiger partial charge in [-0.2, -0.15) is 0 Å². The van der Waals surface area contributed by atoms with E-state index in [1.165, 1.54) is 0 Å². The molecule has 0 unspecified atom stereocenters. The maximum atomic E-state index is 5.77. The summed E-state index contributed by atoms with van der Waals surface area (Å²) in [6, 6.07) is 7.58. The molecule has 0 aromatic carbocycles. The van der Waals surface area contributed by atoms with E-state index in [9.17, 15) is 0 Å². The number of anilines is 1. The van der Waals surface area contributed by atoms with Crippen LogP contribution in [0.3, 0.4) is 0 Å². The molecule has 0 aliphatic rings. The van der Waals surface area contributed by atoms with E-state index < -0.39 is 0 Å². The van der Waals surface area contributed by atoms with Crippen LogP contribution in [0.4, 0.5) is 5.82 Å². The van der Waals surface area contributed by atoms with Gasteiger partial charge in [0.2, 0.25) is 0 Å². The Morgan fingerprint density at radius 3 is 2.88 bits per heavy atom. The summed E-state index contributed by atoms with van der Waals surface area (Å²) < 4.78 is 0. The van der Waals surface area contributed by atoms with Crippen molar-refractivity contribution in [1.29, 1.82) is 0 Å². The summed E-state index contributed by atoms with van der Waals surface area (Å²) in [5, 5.41) is 1.58. The van der Waals surface area contributed by atoms with E-state index in [0.29, 0.717) is 10.8 Å². The highest BCUT2D eigenvalue weighted by Crippen LogP contribution is 2.22. The Balaban J connectivity index is 1.99. The summed E-state index contributed by atoms with van der Waals surface area (Å²) in [5.41, 5.74) is 3.65. The molecular formula is C11H11ClN4S. The highest BCUT2D eigenvalue weighted by molar-refractivity contribution is 7.98. The summed E-state index contributed by atoms with van der Waals surface area (Å²) in [6.45, 7) is 0. The summed E-state index contributed by atoms with van der Waals surface area (Å²) in [4.78, 5) is 8.26. The molecule has 0 aliphatic carbocycles. The zero-order valence-corrected chi connectivity index (χ0v) is 10.5. The van der Waals surface area contributed by atoms with Gasteiger partial charge in [0.05, 0.1) is 10.0 Å². The number of thioether (sulfide) groups is 1. The minimum absolute atomic E-state index is 0.646. The lowest BCUT2D eigenvalue weighted by Crippen LogP contribution is -2.08.